The van der Waals surface area contributed by atoms with E-state index in [-0.39, 0.29) is 0 Å². The fourth-order valence-corrected chi connectivity index (χ4v) is 3.12. The average Bonchev–Trinajstić information content (AvgIpc) is 3.15. The Morgan fingerprint density at radius 2 is 2.00 bits per heavy atom. The van der Waals surface area contributed by atoms with Gasteiger partial charge in [0.15, 0.2) is 5.82 Å². The van der Waals surface area contributed by atoms with Gasteiger partial charge in [0.2, 0.25) is 11.8 Å². The Kier molecular flexibility index (Phi) is 3.48. The van der Waals surface area contributed by atoms with E-state index in [2.05, 4.69) is 20.0 Å². The summed E-state index contributed by atoms with van der Waals surface area (Å²) in [5, 5.41) is 4.21. The molecule has 0 aromatic carbocycles. The minimum absolute atomic E-state index is 0.363. The van der Waals surface area contributed by atoms with E-state index in [4.69, 9.17) is 8.94 Å². The second kappa shape index (κ2) is 5.50. The molecule has 1 aliphatic carbocycles. The minimum atomic E-state index is 0.363. The standard InChI is InChI=1S/C16H22N4O2/c1-10-11(2)21-14(17-10)9-20-7-3-4-13(8-20)15-18-16(22-19-15)12-5-6-12/h12-13H,3-9H2,1-2H3. The smallest absolute Gasteiger partial charge is 0.229 e. The first-order valence-electron chi connectivity index (χ1n) is 8.18. The molecule has 0 spiro atoms. The minimum Gasteiger partial charge on any atom is -0.444 e. The summed E-state index contributed by atoms with van der Waals surface area (Å²) in [4.78, 5) is 11.5. The van der Waals surface area contributed by atoms with E-state index in [0.29, 0.717) is 11.8 Å². The molecule has 6 heteroatoms. The zero-order valence-electron chi connectivity index (χ0n) is 13.2. The van der Waals surface area contributed by atoms with Gasteiger partial charge in [0.1, 0.15) is 5.76 Å². The first-order chi connectivity index (χ1) is 10.7. The molecular formula is C16H22N4O2. The van der Waals surface area contributed by atoms with E-state index in [1.807, 2.05) is 13.8 Å². The second-order valence-electron chi connectivity index (χ2n) is 6.59. The maximum absolute atomic E-state index is 5.70. The number of aryl methyl sites for hydroxylation is 2. The fourth-order valence-electron chi connectivity index (χ4n) is 3.12. The molecule has 3 heterocycles. The van der Waals surface area contributed by atoms with Crippen molar-refractivity contribution < 1.29 is 8.94 Å². The lowest BCUT2D eigenvalue weighted by molar-refractivity contribution is 0.178. The molecular weight excluding hydrogens is 280 g/mol. The third-order valence-corrected chi connectivity index (χ3v) is 4.69. The van der Waals surface area contributed by atoms with Gasteiger partial charge in [0, 0.05) is 18.4 Å². The number of hydrogen-bond acceptors (Lipinski definition) is 6. The molecule has 0 radical (unpaired) electrons. The fraction of sp³-hybridized carbons (Fsp3) is 0.688. The molecule has 1 unspecified atom stereocenters. The summed E-state index contributed by atoms with van der Waals surface area (Å²) in [5.41, 5.74) is 0.982. The normalized spacial score (nSPS) is 23.1. The zero-order valence-corrected chi connectivity index (χ0v) is 13.2. The first kappa shape index (κ1) is 13.9. The van der Waals surface area contributed by atoms with E-state index in [1.165, 1.54) is 12.8 Å². The van der Waals surface area contributed by atoms with Crippen LogP contribution in [-0.4, -0.2) is 33.1 Å². The topological polar surface area (TPSA) is 68.2 Å². The van der Waals surface area contributed by atoms with Crippen LogP contribution in [0, 0.1) is 13.8 Å². The van der Waals surface area contributed by atoms with E-state index in [9.17, 15) is 0 Å². The van der Waals surface area contributed by atoms with Crippen molar-refractivity contribution in [3.05, 3.63) is 29.1 Å². The summed E-state index contributed by atoms with van der Waals surface area (Å²) in [6, 6.07) is 0. The predicted molar refractivity (Wildman–Crippen MR) is 79.5 cm³/mol. The van der Waals surface area contributed by atoms with Crippen molar-refractivity contribution in [1.82, 2.24) is 20.0 Å². The molecule has 1 saturated carbocycles. The highest BCUT2D eigenvalue weighted by atomic mass is 16.5. The first-order valence-corrected chi connectivity index (χ1v) is 8.18. The Bertz CT molecular complexity index is 639. The Balaban J connectivity index is 1.42. The zero-order chi connectivity index (χ0) is 15.1. The Morgan fingerprint density at radius 3 is 2.73 bits per heavy atom. The van der Waals surface area contributed by atoms with Crippen molar-refractivity contribution in [1.29, 1.82) is 0 Å². The van der Waals surface area contributed by atoms with Crippen LogP contribution in [0.2, 0.25) is 0 Å². The lowest BCUT2D eigenvalue weighted by Crippen LogP contribution is -2.34. The van der Waals surface area contributed by atoms with Gasteiger partial charge in [-0.1, -0.05) is 5.16 Å². The van der Waals surface area contributed by atoms with Crippen LogP contribution < -0.4 is 0 Å². The highest BCUT2D eigenvalue weighted by Gasteiger charge is 2.32. The van der Waals surface area contributed by atoms with E-state index in [0.717, 1.165) is 61.5 Å². The molecule has 2 aromatic rings. The van der Waals surface area contributed by atoms with Gasteiger partial charge >= 0.3 is 0 Å². The van der Waals surface area contributed by atoms with Crippen LogP contribution in [0.25, 0.3) is 0 Å². The maximum atomic E-state index is 5.70. The van der Waals surface area contributed by atoms with Gasteiger partial charge in [-0.2, -0.15) is 4.98 Å². The van der Waals surface area contributed by atoms with Crippen molar-refractivity contribution in [3.63, 3.8) is 0 Å². The molecule has 1 saturated heterocycles. The Morgan fingerprint density at radius 1 is 1.14 bits per heavy atom. The quantitative estimate of drug-likeness (QED) is 0.865. The number of rotatable bonds is 4. The van der Waals surface area contributed by atoms with Crippen LogP contribution in [-0.2, 0) is 6.54 Å². The van der Waals surface area contributed by atoms with Crippen LogP contribution in [0.4, 0.5) is 0 Å². The maximum Gasteiger partial charge on any atom is 0.229 e. The predicted octanol–water partition coefficient (Wildman–Crippen LogP) is 2.93. The molecule has 0 N–H and O–H groups in total. The number of aromatic nitrogens is 3. The molecule has 0 bridgehead atoms. The monoisotopic (exact) mass is 302 g/mol. The molecule has 0 amide bonds. The third kappa shape index (κ3) is 2.79. The summed E-state index contributed by atoms with van der Waals surface area (Å²) in [7, 11) is 0. The van der Waals surface area contributed by atoms with Gasteiger partial charge in [-0.3, -0.25) is 4.90 Å². The highest BCUT2D eigenvalue weighted by molar-refractivity contribution is 5.07. The Labute approximate surface area is 129 Å². The number of hydrogen-bond donors (Lipinski definition) is 0. The van der Waals surface area contributed by atoms with Crippen molar-refractivity contribution in [3.8, 4) is 0 Å². The number of oxazole rings is 1. The van der Waals surface area contributed by atoms with Gasteiger partial charge in [0.25, 0.3) is 0 Å². The van der Waals surface area contributed by atoms with Gasteiger partial charge < -0.3 is 8.94 Å². The largest absolute Gasteiger partial charge is 0.444 e. The summed E-state index contributed by atoms with van der Waals surface area (Å²) < 4.78 is 11.1. The van der Waals surface area contributed by atoms with Crippen LogP contribution >= 0.6 is 0 Å². The van der Waals surface area contributed by atoms with Crippen molar-refractivity contribution in [2.24, 2.45) is 0 Å². The van der Waals surface area contributed by atoms with Crippen LogP contribution in [0.1, 0.15) is 66.6 Å². The average molecular weight is 302 g/mol. The summed E-state index contributed by atoms with van der Waals surface area (Å²) in [6.45, 7) is 6.73. The molecule has 2 fully saturated rings. The molecule has 118 valence electrons. The third-order valence-electron chi connectivity index (χ3n) is 4.69. The lowest BCUT2D eigenvalue weighted by atomic mass is 9.97. The van der Waals surface area contributed by atoms with Crippen molar-refractivity contribution in [2.45, 2.75) is 57.9 Å². The van der Waals surface area contributed by atoms with Crippen molar-refractivity contribution >= 4 is 0 Å². The van der Waals surface area contributed by atoms with Crippen LogP contribution in [0.15, 0.2) is 8.94 Å². The van der Waals surface area contributed by atoms with Gasteiger partial charge in [-0.25, -0.2) is 4.98 Å². The molecule has 1 aliphatic heterocycles. The lowest BCUT2D eigenvalue weighted by Gasteiger charge is -2.30. The highest BCUT2D eigenvalue weighted by Crippen LogP contribution is 2.39. The second-order valence-corrected chi connectivity index (χ2v) is 6.59. The van der Waals surface area contributed by atoms with Crippen molar-refractivity contribution in [2.75, 3.05) is 13.1 Å². The van der Waals surface area contributed by atoms with Gasteiger partial charge in [-0.05, 0) is 46.1 Å². The number of likely N-dealkylation sites (tertiary alicyclic amines) is 1. The molecule has 6 nitrogen and oxygen atoms in total. The molecule has 1 atom stereocenters. The van der Waals surface area contributed by atoms with E-state index >= 15 is 0 Å². The molecule has 2 aliphatic rings. The summed E-state index contributed by atoms with van der Waals surface area (Å²) in [6.07, 6.45) is 4.67. The number of piperidine rings is 1. The Hall–Kier alpha value is -1.69. The molecule has 22 heavy (non-hydrogen) atoms. The van der Waals surface area contributed by atoms with E-state index < -0.39 is 0 Å². The number of nitrogens with zero attached hydrogens (tertiary/aromatic N) is 4. The van der Waals surface area contributed by atoms with Gasteiger partial charge in [0.05, 0.1) is 12.2 Å². The van der Waals surface area contributed by atoms with Gasteiger partial charge in [-0.15, -0.1) is 0 Å². The SMILES string of the molecule is Cc1nc(CN2CCCC(c3noc(C4CC4)n3)C2)oc1C. The van der Waals surface area contributed by atoms with E-state index in [1.54, 1.807) is 0 Å². The van der Waals surface area contributed by atoms with Crippen LogP contribution in [0.5, 0.6) is 0 Å². The summed E-state index contributed by atoms with van der Waals surface area (Å²) >= 11 is 0. The molecule has 4 rings (SSSR count). The summed E-state index contributed by atoms with van der Waals surface area (Å²) in [5.74, 6) is 4.33. The molecule has 2 aromatic heterocycles. The van der Waals surface area contributed by atoms with Crippen LogP contribution in [0.3, 0.4) is 0 Å².